The number of halogens is 1. The zero-order chi connectivity index (χ0) is 25.2. The van der Waals surface area contributed by atoms with Crippen molar-refractivity contribution in [1.29, 1.82) is 0 Å². The van der Waals surface area contributed by atoms with Gasteiger partial charge in [-0.05, 0) is 61.9 Å². The third-order valence-corrected chi connectivity index (χ3v) is 6.55. The van der Waals surface area contributed by atoms with Crippen LogP contribution in [0.25, 0.3) is 10.9 Å². The van der Waals surface area contributed by atoms with Gasteiger partial charge in [-0.3, -0.25) is 9.36 Å². The molecule has 0 radical (unpaired) electrons. The number of rotatable bonds is 7. The molecule has 0 bridgehead atoms. The fourth-order valence-corrected chi connectivity index (χ4v) is 4.61. The quantitative estimate of drug-likeness (QED) is 0.397. The molecule has 1 atom stereocenters. The fourth-order valence-electron chi connectivity index (χ4n) is 4.44. The molecule has 0 aliphatic carbocycles. The summed E-state index contributed by atoms with van der Waals surface area (Å²) in [5.74, 6) is 1.07. The molecular weight excluding hydrogens is 448 g/mol. The van der Waals surface area contributed by atoms with Crippen LogP contribution in [0.3, 0.4) is 0 Å². The van der Waals surface area contributed by atoms with Crippen LogP contribution >= 0.6 is 11.6 Å². The molecule has 7 heteroatoms. The molecule has 0 saturated heterocycles. The van der Waals surface area contributed by atoms with Gasteiger partial charge in [-0.1, -0.05) is 57.5 Å². The first-order valence-corrected chi connectivity index (χ1v) is 12.4. The molecule has 0 aliphatic heterocycles. The van der Waals surface area contributed by atoms with Gasteiger partial charge in [0.15, 0.2) is 0 Å². The SMILES string of the molecule is CCN(C(=O)Nc1c(C(C)C)cccc1C(C)C)C(C)c1nc2cc(Cl)ccc2c(=O)n1CC. The number of nitrogens with one attached hydrogen (secondary N) is 1. The van der Waals surface area contributed by atoms with Gasteiger partial charge in [0.05, 0.1) is 16.9 Å². The van der Waals surface area contributed by atoms with Crippen LogP contribution in [0.4, 0.5) is 10.5 Å². The number of hydrogen-bond acceptors (Lipinski definition) is 3. The van der Waals surface area contributed by atoms with Crippen molar-refractivity contribution in [3.63, 3.8) is 0 Å². The molecule has 1 heterocycles. The Balaban J connectivity index is 2.05. The van der Waals surface area contributed by atoms with Crippen LogP contribution in [-0.2, 0) is 6.54 Å². The van der Waals surface area contributed by atoms with Gasteiger partial charge in [0.1, 0.15) is 5.82 Å². The molecule has 1 unspecified atom stereocenters. The Morgan fingerprint density at radius 3 is 2.21 bits per heavy atom. The lowest BCUT2D eigenvalue weighted by atomic mass is 9.93. The number of nitrogens with zero attached hydrogens (tertiary/aromatic N) is 3. The lowest BCUT2D eigenvalue weighted by Crippen LogP contribution is -2.40. The number of carbonyl (C=O) groups is 1. The van der Waals surface area contributed by atoms with E-state index in [1.807, 2.05) is 26.8 Å². The summed E-state index contributed by atoms with van der Waals surface area (Å²) in [5, 5.41) is 4.23. The molecule has 2 aromatic carbocycles. The van der Waals surface area contributed by atoms with Gasteiger partial charge in [0, 0.05) is 23.8 Å². The average Bonchev–Trinajstić information content (AvgIpc) is 2.78. The lowest BCUT2D eigenvalue weighted by Gasteiger charge is -2.30. The van der Waals surface area contributed by atoms with Crippen molar-refractivity contribution in [3.8, 4) is 0 Å². The summed E-state index contributed by atoms with van der Waals surface area (Å²) >= 11 is 6.16. The van der Waals surface area contributed by atoms with E-state index in [-0.39, 0.29) is 23.4 Å². The van der Waals surface area contributed by atoms with E-state index in [2.05, 4.69) is 45.1 Å². The molecule has 0 aliphatic rings. The van der Waals surface area contributed by atoms with Crippen molar-refractivity contribution in [2.45, 2.75) is 72.9 Å². The van der Waals surface area contributed by atoms with Gasteiger partial charge in [-0.15, -0.1) is 0 Å². The Labute approximate surface area is 206 Å². The normalized spacial score (nSPS) is 12.4. The number of fused-ring (bicyclic) bond motifs is 1. The predicted octanol–water partition coefficient (Wildman–Crippen LogP) is 6.93. The fraction of sp³-hybridized carbons (Fsp3) is 0.444. The average molecular weight is 483 g/mol. The van der Waals surface area contributed by atoms with E-state index >= 15 is 0 Å². The molecule has 0 spiro atoms. The largest absolute Gasteiger partial charge is 0.322 e. The monoisotopic (exact) mass is 482 g/mol. The first kappa shape index (κ1) is 25.8. The summed E-state index contributed by atoms with van der Waals surface area (Å²) in [6, 6.07) is 10.6. The zero-order valence-electron chi connectivity index (χ0n) is 21.1. The van der Waals surface area contributed by atoms with Gasteiger partial charge in [-0.2, -0.15) is 0 Å². The van der Waals surface area contributed by atoms with Crippen LogP contribution < -0.4 is 10.9 Å². The number of anilines is 1. The Kier molecular flexibility index (Phi) is 8.03. The minimum absolute atomic E-state index is 0.130. The highest BCUT2D eigenvalue weighted by molar-refractivity contribution is 6.31. The molecule has 0 saturated carbocycles. The number of benzene rings is 2. The van der Waals surface area contributed by atoms with Gasteiger partial charge < -0.3 is 10.2 Å². The Morgan fingerprint density at radius 1 is 1.06 bits per heavy atom. The summed E-state index contributed by atoms with van der Waals surface area (Å²) in [6.45, 7) is 15.2. The number of aromatic nitrogens is 2. The number of amides is 2. The molecule has 6 nitrogen and oxygen atoms in total. The van der Waals surface area contributed by atoms with Crippen molar-refractivity contribution in [1.82, 2.24) is 14.5 Å². The second-order valence-corrected chi connectivity index (χ2v) is 9.63. The van der Waals surface area contributed by atoms with Gasteiger partial charge in [-0.25, -0.2) is 9.78 Å². The standard InChI is InChI=1S/C27H35ClN4O2/c1-8-31(27(34)30-24-20(16(3)4)11-10-12-21(24)17(5)6)18(7)25-29-23-15-19(28)13-14-22(23)26(33)32(25)9-2/h10-18H,8-9H2,1-7H3,(H,30,34). The number of urea groups is 1. The third kappa shape index (κ3) is 4.97. The first-order valence-electron chi connectivity index (χ1n) is 12.0. The van der Waals surface area contributed by atoms with Crippen LogP contribution in [0.15, 0.2) is 41.2 Å². The Bertz CT molecular complexity index is 1220. The first-order chi connectivity index (χ1) is 16.1. The number of hydrogen-bond donors (Lipinski definition) is 1. The highest BCUT2D eigenvalue weighted by Crippen LogP contribution is 2.33. The van der Waals surface area contributed by atoms with Crippen LogP contribution in [0, 0.1) is 0 Å². The second-order valence-electron chi connectivity index (χ2n) is 9.19. The van der Waals surface area contributed by atoms with E-state index in [9.17, 15) is 9.59 Å². The Morgan fingerprint density at radius 2 is 1.68 bits per heavy atom. The molecule has 34 heavy (non-hydrogen) atoms. The van der Waals surface area contributed by atoms with E-state index in [0.717, 1.165) is 16.8 Å². The van der Waals surface area contributed by atoms with Crippen LogP contribution in [0.5, 0.6) is 0 Å². The van der Waals surface area contributed by atoms with Crippen molar-refractivity contribution in [2.24, 2.45) is 0 Å². The predicted molar refractivity (Wildman–Crippen MR) is 141 cm³/mol. The van der Waals surface area contributed by atoms with Gasteiger partial charge in [0.25, 0.3) is 5.56 Å². The highest BCUT2D eigenvalue weighted by Gasteiger charge is 2.26. The minimum atomic E-state index is -0.422. The molecule has 182 valence electrons. The molecule has 3 aromatic rings. The van der Waals surface area contributed by atoms with Gasteiger partial charge >= 0.3 is 6.03 Å². The maximum atomic E-state index is 13.6. The molecule has 0 fully saturated rings. The topological polar surface area (TPSA) is 67.2 Å². The zero-order valence-corrected chi connectivity index (χ0v) is 21.9. The minimum Gasteiger partial charge on any atom is -0.315 e. The van der Waals surface area contributed by atoms with E-state index in [1.54, 1.807) is 27.7 Å². The summed E-state index contributed by atoms with van der Waals surface area (Å²) in [7, 11) is 0. The van der Waals surface area contributed by atoms with Gasteiger partial charge in [0.2, 0.25) is 0 Å². The lowest BCUT2D eigenvalue weighted by molar-refractivity contribution is 0.192. The van der Waals surface area contributed by atoms with E-state index in [4.69, 9.17) is 16.6 Å². The summed E-state index contributed by atoms with van der Waals surface area (Å²) in [6.07, 6.45) is 0. The van der Waals surface area contributed by atoms with E-state index in [1.165, 1.54) is 0 Å². The van der Waals surface area contributed by atoms with Crippen LogP contribution in [0.1, 0.15) is 83.3 Å². The molecule has 3 rings (SSSR count). The van der Waals surface area contributed by atoms with E-state index < -0.39 is 6.04 Å². The molecule has 2 amide bonds. The maximum Gasteiger partial charge on any atom is 0.322 e. The molecular formula is C27H35ClN4O2. The van der Waals surface area contributed by atoms with Crippen molar-refractivity contribution in [2.75, 3.05) is 11.9 Å². The highest BCUT2D eigenvalue weighted by atomic mass is 35.5. The molecule has 1 aromatic heterocycles. The second kappa shape index (κ2) is 10.6. The van der Waals surface area contributed by atoms with E-state index in [0.29, 0.717) is 34.8 Å². The number of para-hydroxylation sites is 1. The number of carbonyl (C=O) groups excluding carboxylic acids is 1. The summed E-state index contributed by atoms with van der Waals surface area (Å²) in [4.78, 5) is 33.2. The van der Waals surface area contributed by atoms with Crippen LogP contribution in [0.2, 0.25) is 5.02 Å². The third-order valence-electron chi connectivity index (χ3n) is 6.31. The maximum absolute atomic E-state index is 13.6. The smallest absolute Gasteiger partial charge is 0.315 e. The summed E-state index contributed by atoms with van der Waals surface area (Å²) in [5.41, 5.74) is 3.48. The Hall–Kier alpha value is -2.86. The van der Waals surface area contributed by atoms with Crippen LogP contribution in [-0.4, -0.2) is 27.0 Å². The van der Waals surface area contributed by atoms with Crippen molar-refractivity contribution < 1.29 is 4.79 Å². The van der Waals surface area contributed by atoms with Crippen molar-refractivity contribution >= 4 is 34.2 Å². The van der Waals surface area contributed by atoms with Crippen molar-refractivity contribution in [3.05, 3.63) is 68.7 Å². The summed E-state index contributed by atoms with van der Waals surface area (Å²) < 4.78 is 1.64. The molecule has 1 N–H and O–H groups in total.